The first kappa shape index (κ1) is 80.8. The molecule has 0 amide bonds. The van der Waals surface area contributed by atoms with E-state index < -0.39 is 0 Å². The van der Waals surface area contributed by atoms with E-state index in [1.807, 2.05) is 0 Å². The van der Waals surface area contributed by atoms with Crippen LogP contribution in [-0.4, -0.2) is 109 Å². The van der Waals surface area contributed by atoms with Gasteiger partial charge in [-0.05, 0) is 0 Å². The summed E-state index contributed by atoms with van der Waals surface area (Å²) in [5.41, 5.74) is 0. The predicted molar refractivity (Wildman–Crippen MR) is 23.0 cm³/mol. The molecule has 0 atom stereocenters. The molecule has 0 aromatic heterocycles. The smallest absolute Gasteiger partial charge is 1.00 e. The fraction of sp³-hybridized carbons (Fsp3) is 0. The Labute approximate surface area is 189 Å². The van der Waals surface area contributed by atoms with Crippen LogP contribution in [0.25, 0.3) is 0 Å². The van der Waals surface area contributed by atoms with Gasteiger partial charge in [-0.1, -0.05) is 0 Å². The quantitative estimate of drug-likeness (QED) is 0.212. The molecule has 0 bridgehead atoms. The van der Waals surface area contributed by atoms with Crippen LogP contribution < -0.4 is 84.9 Å². The Kier molecular flexibility index (Phi) is 584. The van der Waals surface area contributed by atoms with E-state index in [-0.39, 0.29) is 194 Å². The zero-order chi connectivity index (χ0) is 0. The maximum absolute atomic E-state index is 0. The van der Waals surface area contributed by atoms with Crippen LogP contribution in [0.4, 0.5) is 0 Å². The summed E-state index contributed by atoms with van der Waals surface area (Å²) in [7, 11) is 0. The Morgan fingerprint density at radius 3 is 0.333 bits per heavy atom. The van der Waals surface area contributed by atoms with Gasteiger partial charge >= 0.3 is 109 Å². The minimum absolute atomic E-state index is 0. The molecular formula is Br5PbTl3. The summed E-state index contributed by atoms with van der Waals surface area (Å²) < 4.78 is 0. The van der Waals surface area contributed by atoms with Gasteiger partial charge in [0, 0.05) is 0 Å². The molecule has 0 N–H and O–H groups in total. The van der Waals surface area contributed by atoms with Gasteiger partial charge in [-0.25, -0.2) is 0 Å². The van der Waals surface area contributed by atoms with E-state index in [4.69, 9.17) is 0 Å². The van der Waals surface area contributed by atoms with Crippen LogP contribution in [0.1, 0.15) is 0 Å². The van der Waals surface area contributed by atoms with E-state index in [2.05, 4.69) is 0 Å². The van der Waals surface area contributed by atoms with Gasteiger partial charge < -0.3 is 84.9 Å². The van der Waals surface area contributed by atoms with Gasteiger partial charge in [0.1, 0.15) is 0 Å². The second-order valence-corrected chi connectivity index (χ2v) is 0. The zero-order valence-electron chi connectivity index (χ0n) is 4.12. The van der Waals surface area contributed by atoms with Crippen molar-refractivity contribution in [3.8, 4) is 0 Å². The maximum atomic E-state index is 0. The molecule has 0 saturated carbocycles. The van der Waals surface area contributed by atoms with Gasteiger partial charge in [0.2, 0.25) is 0 Å². The first-order valence-electron chi connectivity index (χ1n) is 0. The van der Waals surface area contributed by atoms with E-state index >= 15 is 0 Å². The first-order chi connectivity index (χ1) is 0. The Balaban J connectivity index is 0. The van der Waals surface area contributed by atoms with Crippen molar-refractivity contribution in [3.63, 3.8) is 0 Å². The standard InChI is InChI=1S/5BrH.Pb.3Tl/h5*1H;;;;/q;;;;;+2;3*+1/p-5. The average Bonchev–Trinajstić information content (AvgIpc) is 0. The van der Waals surface area contributed by atoms with Crippen molar-refractivity contribution in [2.24, 2.45) is 0 Å². The van der Waals surface area contributed by atoms with Crippen molar-refractivity contribution in [1.29, 1.82) is 0 Å². The van der Waals surface area contributed by atoms with Crippen molar-refractivity contribution in [2.45, 2.75) is 0 Å². The summed E-state index contributed by atoms with van der Waals surface area (Å²) in [6.07, 6.45) is 0. The van der Waals surface area contributed by atoms with Crippen molar-refractivity contribution >= 4 is 109 Å². The molecule has 0 aromatic rings. The molecule has 0 rings (SSSR count). The summed E-state index contributed by atoms with van der Waals surface area (Å²) in [6.45, 7) is 0. The van der Waals surface area contributed by atoms with Crippen LogP contribution in [0.5, 0.6) is 0 Å². The van der Waals surface area contributed by atoms with Gasteiger partial charge in [-0.2, -0.15) is 0 Å². The predicted octanol–water partition coefficient (Wildman–Crippen LogP) is -16.5. The molecule has 9 heavy (non-hydrogen) atoms. The second-order valence-electron chi connectivity index (χ2n) is 0. The Bertz CT molecular complexity index is 12.2. The Hall–Kier alpha value is 6.09. The largest absolute Gasteiger partial charge is 2.00 e. The Morgan fingerprint density at radius 2 is 0.333 bits per heavy atom. The molecule has 2 radical (unpaired) electrons. The first-order valence-corrected chi connectivity index (χ1v) is 0. The number of halogens is 5. The van der Waals surface area contributed by atoms with E-state index in [1.165, 1.54) is 0 Å². The molecule has 48 valence electrons. The summed E-state index contributed by atoms with van der Waals surface area (Å²) in [5, 5.41) is 0. The van der Waals surface area contributed by atoms with Crippen LogP contribution in [0, 0.1) is 0 Å². The van der Waals surface area contributed by atoms with Gasteiger partial charge in [-0.15, -0.1) is 0 Å². The second kappa shape index (κ2) is 65.1. The molecule has 0 spiro atoms. The minimum Gasteiger partial charge on any atom is -1.00 e. The van der Waals surface area contributed by atoms with Gasteiger partial charge in [-0.3, -0.25) is 0 Å². The fourth-order valence-electron chi connectivity index (χ4n) is 0. The molecular weight excluding hydrogens is 1220 g/mol. The van der Waals surface area contributed by atoms with Crippen molar-refractivity contribution < 1.29 is 84.9 Å². The number of hydrogen-bond acceptors (Lipinski definition) is 0. The van der Waals surface area contributed by atoms with Crippen molar-refractivity contribution in [1.82, 2.24) is 0 Å². The van der Waals surface area contributed by atoms with E-state index in [9.17, 15) is 0 Å². The van der Waals surface area contributed by atoms with Crippen molar-refractivity contribution in [3.05, 3.63) is 0 Å². The summed E-state index contributed by atoms with van der Waals surface area (Å²) in [4.78, 5) is 0. The topological polar surface area (TPSA) is 0 Å². The molecule has 0 heterocycles. The van der Waals surface area contributed by atoms with Crippen LogP contribution in [0.3, 0.4) is 0 Å². The molecule has 0 fully saturated rings. The molecule has 9 heteroatoms. The SMILES string of the molecule is [Br-].[Br-].[Br-].[Br-].[Br-].[Pb+2].[Tl+].[Tl+].[Tl+]. The summed E-state index contributed by atoms with van der Waals surface area (Å²) >= 11 is 0. The molecule has 0 nitrogen and oxygen atoms in total. The van der Waals surface area contributed by atoms with E-state index in [0.29, 0.717) is 0 Å². The van der Waals surface area contributed by atoms with E-state index in [1.54, 1.807) is 0 Å². The monoisotopic (exact) mass is 1220 g/mol. The van der Waals surface area contributed by atoms with Crippen LogP contribution in [0.15, 0.2) is 0 Å². The fourth-order valence-corrected chi connectivity index (χ4v) is 0. The Morgan fingerprint density at radius 1 is 0.333 bits per heavy atom. The summed E-state index contributed by atoms with van der Waals surface area (Å²) in [5.74, 6) is 0. The van der Waals surface area contributed by atoms with Crippen LogP contribution in [0.2, 0.25) is 0 Å². The molecule has 0 aliphatic rings. The number of rotatable bonds is 0. The van der Waals surface area contributed by atoms with Crippen LogP contribution >= 0.6 is 0 Å². The van der Waals surface area contributed by atoms with E-state index in [0.717, 1.165) is 0 Å². The molecule has 0 aliphatic heterocycles. The average molecular weight is 1220 g/mol. The molecule has 0 aromatic carbocycles. The maximum Gasteiger partial charge on any atom is 2.00 e. The third-order valence-corrected chi connectivity index (χ3v) is 0. The molecule has 0 unspecified atom stereocenters. The summed E-state index contributed by atoms with van der Waals surface area (Å²) in [6, 6.07) is 0. The van der Waals surface area contributed by atoms with Gasteiger partial charge in [0.15, 0.2) is 0 Å². The third kappa shape index (κ3) is 55.5. The normalized spacial score (nSPS) is 0. The molecule has 0 saturated heterocycles. The van der Waals surface area contributed by atoms with Gasteiger partial charge in [0.05, 0.1) is 0 Å². The number of hydrogen-bond donors (Lipinski definition) is 0. The van der Waals surface area contributed by atoms with Gasteiger partial charge in [0.25, 0.3) is 0 Å². The molecule has 0 aliphatic carbocycles. The van der Waals surface area contributed by atoms with Crippen LogP contribution in [-0.2, 0) is 0 Å². The minimum atomic E-state index is 0. The van der Waals surface area contributed by atoms with Crippen molar-refractivity contribution in [2.75, 3.05) is 0 Å². The third-order valence-electron chi connectivity index (χ3n) is 0. The zero-order valence-corrected chi connectivity index (χ0v) is 29.4.